The molecule has 0 aliphatic carbocycles. The Morgan fingerprint density at radius 2 is 2.04 bits per heavy atom. The summed E-state index contributed by atoms with van der Waals surface area (Å²) in [5.41, 5.74) is 2.79. The van der Waals surface area contributed by atoms with E-state index in [1.807, 2.05) is 42.5 Å². The van der Waals surface area contributed by atoms with Gasteiger partial charge in [0, 0.05) is 5.75 Å². The number of benzene rings is 2. The second kappa shape index (κ2) is 7.20. The number of nitriles is 1. The van der Waals surface area contributed by atoms with Gasteiger partial charge in [0.25, 0.3) is 5.22 Å². The molecule has 0 bridgehead atoms. The number of ether oxygens (including phenoxy) is 1. The quantitative estimate of drug-likeness (QED) is 0.513. The summed E-state index contributed by atoms with van der Waals surface area (Å²) in [5.74, 6) is 0.0109. The van der Waals surface area contributed by atoms with Gasteiger partial charge >= 0.3 is 5.97 Å². The first-order valence-electron chi connectivity index (χ1n) is 7.34. The summed E-state index contributed by atoms with van der Waals surface area (Å²) in [6.07, 6.45) is -0.782. The lowest BCUT2D eigenvalue weighted by Gasteiger charge is -2.09. The Bertz CT molecular complexity index is 881. The molecule has 6 heteroatoms. The second-order valence-corrected chi connectivity index (χ2v) is 6.00. The van der Waals surface area contributed by atoms with Gasteiger partial charge in [0.05, 0.1) is 5.56 Å². The van der Waals surface area contributed by atoms with Gasteiger partial charge in [0.2, 0.25) is 0 Å². The number of carbonyl (C=O) groups is 1. The molecule has 0 unspecified atom stereocenters. The van der Waals surface area contributed by atoms with Crippen LogP contribution in [0, 0.1) is 11.3 Å². The molecule has 0 amide bonds. The normalized spacial score (nSPS) is 11.8. The number of rotatable bonds is 5. The minimum atomic E-state index is -0.782. The van der Waals surface area contributed by atoms with Crippen molar-refractivity contribution in [1.29, 1.82) is 5.26 Å². The smallest absolute Gasteiger partial charge is 0.339 e. The number of carbonyl (C=O) groups excluding carboxylic acids is 1. The topological polar surface area (TPSA) is 76.1 Å². The molecular weight excluding hydrogens is 324 g/mol. The summed E-state index contributed by atoms with van der Waals surface area (Å²) in [4.78, 5) is 16.6. The number of fused-ring (bicyclic) bond motifs is 1. The van der Waals surface area contributed by atoms with E-state index >= 15 is 0 Å². The van der Waals surface area contributed by atoms with Crippen LogP contribution in [0.5, 0.6) is 0 Å². The van der Waals surface area contributed by atoms with E-state index in [2.05, 4.69) is 4.98 Å². The number of hydrogen-bond donors (Lipinski definition) is 0. The first-order chi connectivity index (χ1) is 11.7. The molecule has 0 saturated heterocycles. The van der Waals surface area contributed by atoms with Crippen LogP contribution in [0.4, 0.5) is 0 Å². The molecule has 0 saturated carbocycles. The van der Waals surface area contributed by atoms with Gasteiger partial charge in [0.15, 0.2) is 11.7 Å². The molecule has 0 spiro atoms. The molecule has 1 atom stereocenters. The van der Waals surface area contributed by atoms with Crippen LogP contribution in [0.25, 0.3) is 11.1 Å². The molecular formula is C18H14N2O3S. The van der Waals surface area contributed by atoms with Crippen molar-refractivity contribution in [3.8, 4) is 6.07 Å². The minimum Gasteiger partial charge on any atom is -0.444 e. The number of esters is 1. The molecule has 3 rings (SSSR count). The maximum atomic E-state index is 12.2. The maximum absolute atomic E-state index is 12.2. The van der Waals surface area contributed by atoms with Crippen molar-refractivity contribution >= 4 is 28.8 Å². The average Bonchev–Trinajstić information content (AvgIpc) is 3.03. The van der Waals surface area contributed by atoms with Crippen molar-refractivity contribution in [2.75, 3.05) is 0 Å². The van der Waals surface area contributed by atoms with Gasteiger partial charge in [-0.05, 0) is 30.7 Å². The zero-order valence-electron chi connectivity index (χ0n) is 12.9. The van der Waals surface area contributed by atoms with Crippen molar-refractivity contribution in [2.45, 2.75) is 24.0 Å². The largest absolute Gasteiger partial charge is 0.444 e. The Balaban J connectivity index is 1.75. The van der Waals surface area contributed by atoms with Crippen LogP contribution in [0.3, 0.4) is 0 Å². The average molecular weight is 338 g/mol. The fraction of sp³-hybridized carbons (Fsp3) is 0.167. The van der Waals surface area contributed by atoms with Crippen molar-refractivity contribution in [2.24, 2.45) is 0 Å². The monoisotopic (exact) mass is 338 g/mol. The van der Waals surface area contributed by atoms with E-state index in [0.29, 0.717) is 16.5 Å². The predicted octanol–water partition coefficient (Wildman–Crippen LogP) is 4.19. The first-order valence-corrected chi connectivity index (χ1v) is 8.33. The summed E-state index contributed by atoms with van der Waals surface area (Å²) >= 11 is 1.40. The Labute approximate surface area is 143 Å². The number of nitrogens with zero attached hydrogens (tertiary/aromatic N) is 2. The summed E-state index contributed by atoms with van der Waals surface area (Å²) in [5, 5.41) is 9.32. The summed E-state index contributed by atoms with van der Waals surface area (Å²) in [7, 11) is 0. The fourth-order valence-corrected chi connectivity index (χ4v) is 2.99. The molecule has 0 radical (unpaired) electrons. The lowest BCUT2D eigenvalue weighted by atomic mass is 10.1. The van der Waals surface area contributed by atoms with Gasteiger partial charge in [-0.15, -0.1) is 0 Å². The van der Waals surface area contributed by atoms with Crippen LogP contribution in [0.2, 0.25) is 0 Å². The summed E-state index contributed by atoms with van der Waals surface area (Å²) in [6, 6.07) is 16.6. The van der Waals surface area contributed by atoms with E-state index in [1.165, 1.54) is 18.7 Å². The van der Waals surface area contributed by atoms with Gasteiger partial charge in [0.1, 0.15) is 11.6 Å². The lowest BCUT2D eigenvalue weighted by molar-refractivity contribution is 0.0434. The van der Waals surface area contributed by atoms with Crippen LogP contribution >= 0.6 is 11.8 Å². The maximum Gasteiger partial charge on any atom is 0.339 e. The lowest BCUT2D eigenvalue weighted by Crippen LogP contribution is -2.14. The van der Waals surface area contributed by atoms with Crippen LogP contribution in [-0.2, 0) is 10.5 Å². The van der Waals surface area contributed by atoms with Crippen molar-refractivity contribution < 1.29 is 13.9 Å². The van der Waals surface area contributed by atoms with Crippen molar-refractivity contribution in [3.63, 3.8) is 0 Å². The Morgan fingerprint density at radius 1 is 1.29 bits per heavy atom. The Kier molecular flexibility index (Phi) is 4.82. The molecule has 120 valence electrons. The third-order valence-electron chi connectivity index (χ3n) is 3.33. The number of aromatic nitrogens is 1. The standard InChI is InChI=1S/C18H14N2O3S/c1-12(10-19)22-17(21)14-7-3-2-6-13(14)11-24-18-20-15-8-4-5-9-16(15)23-18/h2-9,12H,11H2,1H3/t12-/m0/s1. The molecule has 0 fully saturated rings. The highest BCUT2D eigenvalue weighted by Gasteiger charge is 2.16. The molecule has 1 aromatic heterocycles. The molecule has 3 aromatic rings. The summed E-state index contributed by atoms with van der Waals surface area (Å²) < 4.78 is 10.7. The zero-order chi connectivity index (χ0) is 16.9. The molecule has 0 N–H and O–H groups in total. The van der Waals surface area contributed by atoms with Crippen LogP contribution < -0.4 is 0 Å². The predicted molar refractivity (Wildman–Crippen MR) is 90.5 cm³/mol. The van der Waals surface area contributed by atoms with Crippen molar-refractivity contribution in [1.82, 2.24) is 4.98 Å². The Hall–Kier alpha value is -2.78. The van der Waals surface area contributed by atoms with E-state index in [0.717, 1.165) is 16.7 Å². The molecule has 2 aromatic carbocycles. The Morgan fingerprint density at radius 3 is 2.83 bits per heavy atom. The summed E-state index contributed by atoms with van der Waals surface area (Å²) in [6.45, 7) is 1.54. The van der Waals surface area contributed by atoms with Crippen LogP contribution in [0.15, 0.2) is 58.2 Å². The number of oxazole rings is 1. The van der Waals surface area contributed by atoms with Gasteiger partial charge in [-0.1, -0.05) is 42.1 Å². The third-order valence-corrected chi connectivity index (χ3v) is 4.21. The highest BCUT2D eigenvalue weighted by molar-refractivity contribution is 7.98. The number of hydrogen-bond acceptors (Lipinski definition) is 6. The van der Waals surface area contributed by atoms with Crippen LogP contribution in [-0.4, -0.2) is 17.1 Å². The minimum absolute atomic E-state index is 0.447. The highest BCUT2D eigenvalue weighted by Crippen LogP contribution is 2.27. The van der Waals surface area contributed by atoms with Gasteiger partial charge in [-0.25, -0.2) is 9.78 Å². The number of thioether (sulfide) groups is 1. The van der Waals surface area contributed by atoms with E-state index in [4.69, 9.17) is 14.4 Å². The van der Waals surface area contributed by atoms with Gasteiger partial charge in [-0.2, -0.15) is 5.26 Å². The molecule has 24 heavy (non-hydrogen) atoms. The fourth-order valence-electron chi connectivity index (χ4n) is 2.15. The van der Waals surface area contributed by atoms with Crippen molar-refractivity contribution in [3.05, 3.63) is 59.7 Å². The van der Waals surface area contributed by atoms with E-state index < -0.39 is 12.1 Å². The molecule has 1 heterocycles. The van der Waals surface area contributed by atoms with E-state index in [1.54, 1.807) is 12.1 Å². The third kappa shape index (κ3) is 3.58. The number of para-hydroxylation sites is 2. The first kappa shape index (κ1) is 16.1. The molecule has 0 aliphatic heterocycles. The van der Waals surface area contributed by atoms with Gasteiger partial charge < -0.3 is 9.15 Å². The van der Waals surface area contributed by atoms with E-state index in [-0.39, 0.29) is 0 Å². The van der Waals surface area contributed by atoms with Crippen LogP contribution in [0.1, 0.15) is 22.8 Å². The second-order valence-electron chi connectivity index (χ2n) is 5.07. The molecule has 5 nitrogen and oxygen atoms in total. The molecule has 0 aliphatic rings. The van der Waals surface area contributed by atoms with Gasteiger partial charge in [-0.3, -0.25) is 0 Å². The SMILES string of the molecule is C[C@@H](C#N)OC(=O)c1ccccc1CSc1nc2ccccc2o1. The highest BCUT2D eigenvalue weighted by atomic mass is 32.2. The van der Waals surface area contributed by atoms with E-state index in [9.17, 15) is 4.79 Å². The zero-order valence-corrected chi connectivity index (χ0v) is 13.7.